The largest absolute Gasteiger partial charge is 0.368 e. The minimum absolute atomic E-state index is 0.0858. The molecule has 3 rings (SSSR count). The van der Waals surface area contributed by atoms with Crippen LogP contribution in [0.5, 0.6) is 0 Å². The molecule has 0 bridgehead atoms. The van der Waals surface area contributed by atoms with Crippen LogP contribution in [0.25, 0.3) is 0 Å². The molecule has 1 heterocycles. The molecule has 102 valence electrons. The van der Waals surface area contributed by atoms with Crippen molar-refractivity contribution in [3.63, 3.8) is 0 Å². The summed E-state index contributed by atoms with van der Waals surface area (Å²) in [5.41, 5.74) is 6.93. The van der Waals surface area contributed by atoms with E-state index in [-0.39, 0.29) is 24.1 Å². The summed E-state index contributed by atoms with van der Waals surface area (Å²) in [6, 6.07) is 3.30. The van der Waals surface area contributed by atoms with Crippen LogP contribution >= 0.6 is 0 Å². The Morgan fingerprint density at radius 3 is 2.55 bits per heavy atom. The van der Waals surface area contributed by atoms with Crippen LogP contribution in [0, 0.1) is 11.6 Å². The van der Waals surface area contributed by atoms with Gasteiger partial charge in [-0.05, 0) is 30.0 Å². The van der Waals surface area contributed by atoms with Crippen molar-refractivity contribution in [1.82, 2.24) is 9.97 Å². The van der Waals surface area contributed by atoms with Crippen molar-refractivity contribution in [2.24, 2.45) is 0 Å². The molecule has 2 N–H and O–H groups in total. The number of nitrogen functional groups attached to an aromatic ring is 1. The van der Waals surface area contributed by atoms with Gasteiger partial charge in [-0.15, -0.1) is 0 Å². The molecule has 0 amide bonds. The second kappa shape index (κ2) is 4.63. The fourth-order valence-corrected chi connectivity index (χ4v) is 2.51. The van der Waals surface area contributed by atoms with E-state index in [9.17, 15) is 13.6 Å². The molecular weight excluding hydrogens is 264 g/mol. The van der Waals surface area contributed by atoms with Gasteiger partial charge in [0.1, 0.15) is 11.6 Å². The fraction of sp³-hybridized carbons (Fsp3) is 0.214. The summed E-state index contributed by atoms with van der Waals surface area (Å²) in [6.45, 7) is 0. The van der Waals surface area contributed by atoms with Gasteiger partial charge in [-0.1, -0.05) is 0 Å². The van der Waals surface area contributed by atoms with Gasteiger partial charge in [0.25, 0.3) is 0 Å². The number of aromatic nitrogens is 2. The third kappa shape index (κ3) is 2.24. The Morgan fingerprint density at radius 1 is 1.15 bits per heavy atom. The molecule has 1 aromatic carbocycles. The summed E-state index contributed by atoms with van der Waals surface area (Å²) in [5, 5.41) is 0. The monoisotopic (exact) mass is 275 g/mol. The Morgan fingerprint density at radius 2 is 1.85 bits per heavy atom. The third-order valence-corrected chi connectivity index (χ3v) is 3.41. The number of rotatable bonds is 1. The number of nitrogens with zero attached hydrogens (tertiary/aromatic N) is 2. The highest BCUT2D eigenvalue weighted by Crippen LogP contribution is 2.32. The van der Waals surface area contributed by atoms with E-state index < -0.39 is 11.6 Å². The van der Waals surface area contributed by atoms with Gasteiger partial charge in [-0.2, -0.15) is 0 Å². The normalized spacial score (nSPS) is 17.9. The number of halogens is 2. The number of nitrogens with two attached hydrogens (primary N) is 1. The minimum atomic E-state index is -0.652. The average molecular weight is 275 g/mol. The molecule has 0 fully saturated rings. The highest BCUT2D eigenvalue weighted by molar-refractivity contribution is 5.98. The summed E-state index contributed by atoms with van der Waals surface area (Å²) in [6.07, 6.45) is 2.00. The summed E-state index contributed by atoms with van der Waals surface area (Å²) in [7, 11) is 0. The molecule has 4 nitrogen and oxygen atoms in total. The van der Waals surface area contributed by atoms with Gasteiger partial charge in [-0.25, -0.2) is 18.7 Å². The topological polar surface area (TPSA) is 68.9 Å². The Hall–Kier alpha value is -2.37. The number of fused-ring (bicyclic) bond motifs is 1. The predicted octanol–water partition coefficient (Wildman–Crippen LogP) is 2.25. The van der Waals surface area contributed by atoms with Crippen molar-refractivity contribution in [3.8, 4) is 0 Å². The average Bonchev–Trinajstić information content (AvgIpc) is 2.36. The number of anilines is 1. The van der Waals surface area contributed by atoms with E-state index in [0.29, 0.717) is 23.2 Å². The van der Waals surface area contributed by atoms with Gasteiger partial charge >= 0.3 is 0 Å². The van der Waals surface area contributed by atoms with Crippen LogP contribution in [0.2, 0.25) is 0 Å². The minimum Gasteiger partial charge on any atom is -0.368 e. The standard InChI is InChI=1S/C14H11F2N3O/c15-9-1-7(2-10(16)5-9)8-3-12-11(13(20)4-8)6-18-14(17)19-12/h1-2,5-6,8H,3-4H2,(H2,17,18,19). The second-order valence-corrected chi connectivity index (χ2v) is 4.82. The van der Waals surface area contributed by atoms with Gasteiger partial charge in [0.15, 0.2) is 5.78 Å². The molecule has 1 aliphatic rings. The van der Waals surface area contributed by atoms with E-state index in [1.54, 1.807) is 0 Å². The predicted molar refractivity (Wildman–Crippen MR) is 68.2 cm³/mol. The van der Waals surface area contributed by atoms with Crippen LogP contribution < -0.4 is 5.73 Å². The van der Waals surface area contributed by atoms with Crippen molar-refractivity contribution < 1.29 is 13.6 Å². The molecule has 0 spiro atoms. The molecule has 1 unspecified atom stereocenters. The maximum atomic E-state index is 13.3. The quantitative estimate of drug-likeness (QED) is 0.866. The number of hydrogen-bond acceptors (Lipinski definition) is 4. The SMILES string of the molecule is Nc1ncc2c(n1)CC(c1cc(F)cc(F)c1)CC2=O. The zero-order chi connectivity index (χ0) is 14.3. The fourth-order valence-electron chi connectivity index (χ4n) is 2.51. The number of carbonyl (C=O) groups excluding carboxylic acids is 1. The van der Waals surface area contributed by atoms with Crippen LogP contribution in [0.1, 0.15) is 34.0 Å². The first kappa shape index (κ1) is 12.7. The number of Topliss-reactive ketones (excluding diaryl/α,β-unsaturated/α-hetero) is 1. The van der Waals surface area contributed by atoms with E-state index in [2.05, 4.69) is 9.97 Å². The third-order valence-electron chi connectivity index (χ3n) is 3.41. The zero-order valence-electron chi connectivity index (χ0n) is 10.4. The lowest BCUT2D eigenvalue weighted by Gasteiger charge is -2.23. The summed E-state index contributed by atoms with van der Waals surface area (Å²) < 4.78 is 26.5. The highest BCUT2D eigenvalue weighted by Gasteiger charge is 2.28. The van der Waals surface area contributed by atoms with Crippen LogP contribution in [0.3, 0.4) is 0 Å². The second-order valence-electron chi connectivity index (χ2n) is 4.82. The van der Waals surface area contributed by atoms with Gasteiger partial charge in [-0.3, -0.25) is 4.79 Å². The highest BCUT2D eigenvalue weighted by atomic mass is 19.1. The molecule has 1 aliphatic carbocycles. The van der Waals surface area contributed by atoms with Crippen molar-refractivity contribution in [2.45, 2.75) is 18.8 Å². The molecule has 0 saturated carbocycles. The number of benzene rings is 1. The lowest BCUT2D eigenvalue weighted by atomic mass is 9.82. The van der Waals surface area contributed by atoms with Crippen LogP contribution in [0.4, 0.5) is 14.7 Å². The molecule has 6 heteroatoms. The maximum Gasteiger partial charge on any atom is 0.220 e. The van der Waals surface area contributed by atoms with E-state index in [4.69, 9.17) is 5.73 Å². The summed E-state index contributed by atoms with van der Waals surface area (Å²) >= 11 is 0. The maximum absolute atomic E-state index is 13.3. The van der Waals surface area contributed by atoms with Crippen molar-refractivity contribution in [3.05, 3.63) is 52.9 Å². The summed E-state index contributed by atoms with van der Waals surface area (Å²) in [4.78, 5) is 19.9. The van der Waals surface area contributed by atoms with Gasteiger partial charge < -0.3 is 5.73 Å². The first-order valence-electron chi connectivity index (χ1n) is 6.13. The molecular formula is C14H11F2N3O. The molecule has 0 radical (unpaired) electrons. The Balaban J connectivity index is 2.00. The number of hydrogen-bond donors (Lipinski definition) is 1. The van der Waals surface area contributed by atoms with Crippen LogP contribution in [-0.4, -0.2) is 15.8 Å². The van der Waals surface area contributed by atoms with Gasteiger partial charge in [0, 0.05) is 18.7 Å². The molecule has 0 saturated heterocycles. The van der Waals surface area contributed by atoms with E-state index in [1.807, 2.05) is 0 Å². The number of carbonyl (C=O) groups is 1. The summed E-state index contributed by atoms with van der Waals surface area (Å²) in [5.74, 6) is -1.65. The van der Waals surface area contributed by atoms with E-state index >= 15 is 0 Å². The number of ketones is 1. The Labute approximate surface area is 113 Å². The van der Waals surface area contributed by atoms with Crippen LogP contribution in [-0.2, 0) is 6.42 Å². The smallest absolute Gasteiger partial charge is 0.220 e. The van der Waals surface area contributed by atoms with E-state index in [0.717, 1.165) is 6.07 Å². The zero-order valence-corrected chi connectivity index (χ0v) is 10.4. The first-order chi connectivity index (χ1) is 9.52. The lowest BCUT2D eigenvalue weighted by molar-refractivity contribution is 0.0962. The molecule has 1 aromatic heterocycles. The van der Waals surface area contributed by atoms with Gasteiger partial charge in [0.05, 0.1) is 11.3 Å². The Kier molecular flexibility index (Phi) is 2.93. The molecule has 1 atom stereocenters. The molecule has 2 aromatic rings. The van der Waals surface area contributed by atoms with Crippen molar-refractivity contribution >= 4 is 11.7 Å². The molecule has 20 heavy (non-hydrogen) atoms. The lowest BCUT2D eigenvalue weighted by Crippen LogP contribution is -2.21. The Bertz CT molecular complexity index is 683. The molecule has 0 aliphatic heterocycles. The van der Waals surface area contributed by atoms with Crippen molar-refractivity contribution in [2.75, 3.05) is 5.73 Å². The van der Waals surface area contributed by atoms with Crippen LogP contribution in [0.15, 0.2) is 24.4 Å². The van der Waals surface area contributed by atoms with Crippen molar-refractivity contribution in [1.29, 1.82) is 0 Å². The van der Waals surface area contributed by atoms with E-state index in [1.165, 1.54) is 18.3 Å². The first-order valence-corrected chi connectivity index (χ1v) is 6.13. The van der Waals surface area contributed by atoms with Gasteiger partial charge in [0.2, 0.25) is 5.95 Å².